The summed E-state index contributed by atoms with van der Waals surface area (Å²) in [6, 6.07) is 6.29. The standard InChI is InChI=1S/C14H20N2O2S/c1-9(12(17)16-14(2,3)4)15-13(18)10-6-5-7-11(19)8-10/h5-9,19H,1-4H3,(H,15,18)(H,16,17). The van der Waals surface area contributed by atoms with Gasteiger partial charge in [0.15, 0.2) is 0 Å². The Bertz CT molecular complexity index is 481. The van der Waals surface area contributed by atoms with E-state index in [1.165, 1.54) is 0 Å². The predicted molar refractivity (Wildman–Crippen MR) is 78.5 cm³/mol. The van der Waals surface area contributed by atoms with E-state index in [9.17, 15) is 9.59 Å². The van der Waals surface area contributed by atoms with Gasteiger partial charge in [0.25, 0.3) is 5.91 Å². The Balaban J connectivity index is 2.64. The quantitative estimate of drug-likeness (QED) is 0.742. The number of benzene rings is 1. The molecule has 5 heteroatoms. The van der Waals surface area contributed by atoms with Crippen molar-refractivity contribution in [2.24, 2.45) is 0 Å². The molecule has 1 unspecified atom stereocenters. The first-order valence-electron chi connectivity index (χ1n) is 6.11. The highest BCUT2D eigenvalue weighted by Crippen LogP contribution is 2.09. The van der Waals surface area contributed by atoms with E-state index in [-0.39, 0.29) is 17.4 Å². The van der Waals surface area contributed by atoms with Crippen molar-refractivity contribution in [2.45, 2.75) is 44.2 Å². The summed E-state index contributed by atoms with van der Waals surface area (Å²) in [5.41, 5.74) is 0.170. The van der Waals surface area contributed by atoms with Crippen LogP contribution in [0.1, 0.15) is 38.1 Å². The number of hydrogen-bond acceptors (Lipinski definition) is 3. The molecule has 1 aromatic carbocycles. The Morgan fingerprint density at radius 2 is 1.89 bits per heavy atom. The van der Waals surface area contributed by atoms with Crippen LogP contribution < -0.4 is 10.6 Å². The lowest BCUT2D eigenvalue weighted by Gasteiger charge is -2.23. The summed E-state index contributed by atoms with van der Waals surface area (Å²) >= 11 is 4.18. The van der Waals surface area contributed by atoms with Crippen LogP contribution in [0, 0.1) is 0 Å². The molecule has 2 N–H and O–H groups in total. The Hall–Kier alpha value is -1.49. The van der Waals surface area contributed by atoms with Gasteiger partial charge in [-0.1, -0.05) is 6.07 Å². The third-order valence-electron chi connectivity index (χ3n) is 2.35. The maximum Gasteiger partial charge on any atom is 0.251 e. The molecule has 0 spiro atoms. The monoisotopic (exact) mass is 280 g/mol. The van der Waals surface area contributed by atoms with E-state index in [2.05, 4.69) is 23.3 Å². The van der Waals surface area contributed by atoms with Crippen molar-refractivity contribution in [3.63, 3.8) is 0 Å². The largest absolute Gasteiger partial charge is 0.350 e. The van der Waals surface area contributed by atoms with Crippen LogP contribution in [0.15, 0.2) is 29.2 Å². The molecular weight excluding hydrogens is 260 g/mol. The lowest BCUT2D eigenvalue weighted by Crippen LogP contribution is -2.50. The van der Waals surface area contributed by atoms with Gasteiger partial charge in [0.2, 0.25) is 5.91 Å². The molecule has 2 amide bonds. The molecule has 0 aliphatic rings. The molecule has 104 valence electrons. The molecule has 1 rings (SSSR count). The second-order valence-electron chi connectivity index (χ2n) is 5.48. The Morgan fingerprint density at radius 3 is 2.42 bits per heavy atom. The van der Waals surface area contributed by atoms with Gasteiger partial charge in [-0.25, -0.2) is 0 Å². The average molecular weight is 280 g/mol. The summed E-state index contributed by atoms with van der Waals surface area (Å²) in [6.45, 7) is 7.33. The van der Waals surface area contributed by atoms with Crippen molar-refractivity contribution in [1.29, 1.82) is 0 Å². The first-order chi connectivity index (χ1) is 8.69. The lowest BCUT2D eigenvalue weighted by molar-refractivity contribution is -0.124. The van der Waals surface area contributed by atoms with Crippen LogP contribution in [0.25, 0.3) is 0 Å². The normalized spacial score (nSPS) is 12.7. The van der Waals surface area contributed by atoms with Crippen molar-refractivity contribution >= 4 is 24.4 Å². The van der Waals surface area contributed by atoms with Crippen LogP contribution in [0.5, 0.6) is 0 Å². The maximum absolute atomic E-state index is 12.0. The average Bonchev–Trinajstić information content (AvgIpc) is 2.26. The highest BCUT2D eigenvalue weighted by Gasteiger charge is 2.21. The zero-order valence-electron chi connectivity index (χ0n) is 11.7. The highest BCUT2D eigenvalue weighted by atomic mass is 32.1. The van der Waals surface area contributed by atoms with E-state index in [1.807, 2.05) is 20.8 Å². The first-order valence-corrected chi connectivity index (χ1v) is 6.56. The minimum absolute atomic E-state index is 0.206. The summed E-state index contributed by atoms with van der Waals surface area (Å²) in [4.78, 5) is 24.5. The fourth-order valence-electron chi connectivity index (χ4n) is 1.47. The molecule has 19 heavy (non-hydrogen) atoms. The maximum atomic E-state index is 12.0. The summed E-state index contributed by atoms with van der Waals surface area (Å²) in [7, 11) is 0. The fraction of sp³-hybridized carbons (Fsp3) is 0.429. The van der Waals surface area contributed by atoms with E-state index in [0.29, 0.717) is 10.5 Å². The Morgan fingerprint density at radius 1 is 1.26 bits per heavy atom. The summed E-state index contributed by atoms with van der Waals surface area (Å²) in [5, 5.41) is 5.48. The van der Waals surface area contributed by atoms with Crippen molar-refractivity contribution in [2.75, 3.05) is 0 Å². The molecule has 0 heterocycles. The molecule has 0 saturated carbocycles. The van der Waals surface area contributed by atoms with Crippen LogP contribution in [0.3, 0.4) is 0 Å². The number of nitrogens with one attached hydrogen (secondary N) is 2. The molecule has 1 atom stereocenters. The van der Waals surface area contributed by atoms with Crippen LogP contribution in [-0.4, -0.2) is 23.4 Å². The number of carbonyl (C=O) groups is 2. The third-order valence-corrected chi connectivity index (χ3v) is 2.63. The molecule has 0 aromatic heterocycles. The molecule has 4 nitrogen and oxygen atoms in total. The van der Waals surface area contributed by atoms with E-state index in [1.54, 1.807) is 31.2 Å². The van der Waals surface area contributed by atoms with Gasteiger partial charge in [-0.15, -0.1) is 12.6 Å². The second-order valence-corrected chi connectivity index (χ2v) is 6.00. The summed E-state index contributed by atoms with van der Waals surface area (Å²) in [5.74, 6) is -0.490. The highest BCUT2D eigenvalue weighted by molar-refractivity contribution is 7.80. The number of rotatable bonds is 3. The molecule has 0 bridgehead atoms. The van der Waals surface area contributed by atoms with Gasteiger partial charge in [-0.05, 0) is 45.9 Å². The van der Waals surface area contributed by atoms with Gasteiger partial charge in [-0.3, -0.25) is 9.59 Å². The van der Waals surface area contributed by atoms with E-state index < -0.39 is 6.04 Å². The van der Waals surface area contributed by atoms with Gasteiger partial charge >= 0.3 is 0 Å². The molecule has 0 aliphatic heterocycles. The number of thiol groups is 1. The van der Waals surface area contributed by atoms with Gasteiger partial charge in [0.1, 0.15) is 6.04 Å². The third kappa shape index (κ3) is 5.34. The molecule has 0 fully saturated rings. The van der Waals surface area contributed by atoms with Crippen LogP contribution in [0.2, 0.25) is 0 Å². The van der Waals surface area contributed by atoms with Gasteiger partial charge in [-0.2, -0.15) is 0 Å². The second kappa shape index (κ2) is 6.10. The number of hydrogen-bond donors (Lipinski definition) is 3. The number of carbonyl (C=O) groups excluding carboxylic acids is 2. The van der Waals surface area contributed by atoms with Gasteiger partial charge in [0, 0.05) is 16.0 Å². The molecule has 0 aliphatic carbocycles. The zero-order chi connectivity index (χ0) is 14.6. The topological polar surface area (TPSA) is 58.2 Å². The summed E-state index contributed by atoms with van der Waals surface area (Å²) < 4.78 is 0. The van der Waals surface area contributed by atoms with Crippen LogP contribution in [-0.2, 0) is 4.79 Å². The van der Waals surface area contributed by atoms with E-state index in [0.717, 1.165) is 0 Å². The van der Waals surface area contributed by atoms with E-state index in [4.69, 9.17) is 0 Å². The zero-order valence-corrected chi connectivity index (χ0v) is 12.5. The van der Waals surface area contributed by atoms with Crippen LogP contribution >= 0.6 is 12.6 Å². The number of amides is 2. The lowest BCUT2D eigenvalue weighted by atomic mass is 10.1. The van der Waals surface area contributed by atoms with Crippen molar-refractivity contribution in [3.05, 3.63) is 29.8 Å². The minimum atomic E-state index is -0.588. The Labute approximate surface area is 119 Å². The molecule has 0 radical (unpaired) electrons. The SMILES string of the molecule is CC(NC(=O)c1cccc(S)c1)C(=O)NC(C)(C)C. The van der Waals surface area contributed by atoms with Crippen LogP contribution in [0.4, 0.5) is 0 Å². The van der Waals surface area contributed by atoms with Gasteiger partial charge < -0.3 is 10.6 Å². The molecule has 0 saturated heterocycles. The minimum Gasteiger partial charge on any atom is -0.350 e. The molecular formula is C14H20N2O2S. The summed E-state index contributed by atoms with van der Waals surface area (Å²) in [6.07, 6.45) is 0. The van der Waals surface area contributed by atoms with E-state index >= 15 is 0 Å². The van der Waals surface area contributed by atoms with Crippen molar-refractivity contribution < 1.29 is 9.59 Å². The fourth-order valence-corrected chi connectivity index (χ4v) is 1.70. The molecule has 1 aromatic rings. The predicted octanol–water partition coefficient (Wildman–Crippen LogP) is 2.01. The Kier molecular flexibility index (Phi) is 5.00. The van der Waals surface area contributed by atoms with Gasteiger partial charge in [0.05, 0.1) is 0 Å². The first kappa shape index (κ1) is 15.6. The van der Waals surface area contributed by atoms with Crippen molar-refractivity contribution in [1.82, 2.24) is 10.6 Å². The smallest absolute Gasteiger partial charge is 0.251 e. The van der Waals surface area contributed by atoms with Crippen molar-refractivity contribution in [3.8, 4) is 0 Å².